The predicted molar refractivity (Wildman–Crippen MR) is 81.7 cm³/mol. The summed E-state index contributed by atoms with van der Waals surface area (Å²) in [7, 11) is 0. The largest absolute Gasteiger partial charge is 0.383 e. The molecule has 1 unspecified atom stereocenters. The van der Waals surface area contributed by atoms with Crippen molar-refractivity contribution in [2.75, 3.05) is 11.5 Å². The number of hydrogen-bond donors (Lipinski definition) is 2. The molecule has 2 aromatic rings. The lowest BCUT2D eigenvalue weighted by molar-refractivity contribution is 0.0994. The summed E-state index contributed by atoms with van der Waals surface area (Å²) in [6.07, 6.45) is 0. The third kappa shape index (κ3) is 3.48. The second kappa shape index (κ2) is 5.92. The number of nitrogen functional groups attached to an aromatic ring is 2. The summed E-state index contributed by atoms with van der Waals surface area (Å²) in [4.78, 5) is 20.4. The molecule has 0 fully saturated rings. The summed E-state index contributed by atoms with van der Waals surface area (Å²) in [5, 5.41) is 0.106. The van der Waals surface area contributed by atoms with Gasteiger partial charge in [-0.05, 0) is 13.8 Å². The molecule has 0 aliphatic carbocycles. The number of nitrogens with zero attached hydrogens (tertiary/aromatic N) is 2. The maximum atomic E-state index is 12.3. The molecule has 0 saturated carbocycles. The van der Waals surface area contributed by atoms with E-state index in [-0.39, 0.29) is 11.0 Å². The summed E-state index contributed by atoms with van der Waals surface area (Å²) in [5.41, 5.74) is 13.0. The van der Waals surface area contributed by atoms with Gasteiger partial charge in [0.05, 0.1) is 5.25 Å². The normalized spacial score (nSPS) is 12.1. The number of aromatic nitrogens is 2. The minimum absolute atomic E-state index is 0.0274. The highest BCUT2D eigenvalue weighted by Gasteiger charge is 2.18. The summed E-state index contributed by atoms with van der Waals surface area (Å²) in [5.74, 6) is 0.629. The number of carbonyl (C=O) groups excluding carboxylic acids is 1. The molecule has 2 rings (SSSR count). The van der Waals surface area contributed by atoms with Crippen LogP contribution in [0.5, 0.6) is 0 Å². The summed E-state index contributed by atoms with van der Waals surface area (Å²) < 4.78 is 0. The number of Topliss-reactive ketones (excluding diaryl/α,β-unsaturated/α-hetero) is 1. The van der Waals surface area contributed by atoms with Crippen molar-refractivity contribution in [1.82, 2.24) is 9.97 Å². The molecule has 5 nitrogen and oxygen atoms in total. The van der Waals surface area contributed by atoms with E-state index in [4.69, 9.17) is 11.5 Å². The molecule has 0 bridgehead atoms. The molecule has 6 heteroatoms. The van der Waals surface area contributed by atoms with Crippen molar-refractivity contribution in [3.63, 3.8) is 0 Å². The van der Waals surface area contributed by atoms with Crippen LogP contribution in [0.2, 0.25) is 0 Å². The van der Waals surface area contributed by atoms with Gasteiger partial charge in [-0.15, -0.1) is 0 Å². The van der Waals surface area contributed by atoms with Gasteiger partial charge in [0.2, 0.25) is 0 Å². The van der Waals surface area contributed by atoms with Gasteiger partial charge in [0.25, 0.3) is 0 Å². The Morgan fingerprint density at radius 1 is 1.15 bits per heavy atom. The molecule has 0 radical (unpaired) electrons. The van der Waals surface area contributed by atoms with Crippen LogP contribution in [0, 0.1) is 6.92 Å². The Morgan fingerprint density at radius 3 is 2.25 bits per heavy atom. The van der Waals surface area contributed by atoms with Crippen LogP contribution >= 0.6 is 11.8 Å². The fourth-order valence-electron chi connectivity index (χ4n) is 1.68. The van der Waals surface area contributed by atoms with Gasteiger partial charge >= 0.3 is 0 Å². The standard InChI is InChI=1S/C14H16N4OS/c1-8-3-5-10(6-4-8)13(19)9(2)20-14-17-11(15)7-12(16)18-14/h3-7,9H,1-2H3,(H4,15,16,17,18). The van der Waals surface area contributed by atoms with Gasteiger partial charge in [-0.25, -0.2) is 9.97 Å². The van der Waals surface area contributed by atoms with Gasteiger partial charge in [-0.1, -0.05) is 41.6 Å². The second-order valence-electron chi connectivity index (χ2n) is 4.49. The summed E-state index contributed by atoms with van der Waals surface area (Å²) >= 11 is 1.25. The average Bonchev–Trinajstić information content (AvgIpc) is 2.37. The maximum Gasteiger partial charge on any atom is 0.192 e. The van der Waals surface area contributed by atoms with Crippen molar-refractivity contribution >= 4 is 29.2 Å². The zero-order chi connectivity index (χ0) is 14.7. The van der Waals surface area contributed by atoms with Crippen LogP contribution in [0.25, 0.3) is 0 Å². The smallest absolute Gasteiger partial charge is 0.192 e. The van der Waals surface area contributed by atoms with Gasteiger partial charge in [0, 0.05) is 11.6 Å². The van der Waals surface area contributed by atoms with Crippen LogP contribution in [-0.2, 0) is 0 Å². The van der Waals surface area contributed by atoms with Crippen LogP contribution in [0.1, 0.15) is 22.8 Å². The van der Waals surface area contributed by atoms with Crippen LogP contribution in [0.3, 0.4) is 0 Å². The van der Waals surface area contributed by atoms with E-state index in [1.54, 1.807) is 0 Å². The van der Waals surface area contributed by atoms with Gasteiger partial charge in [0.1, 0.15) is 11.6 Å². The van der Waals surface area contributed by atoms with Crippen LogP contribution < -0.4 is 11.5 Å². The number of benzene rings is 1. The second-order valence-corrected chi connectivity index (χ2v) is 5.80. The molecular formula is C14H16N4OS. The van der Waals surface area contributed by atoms with E-state index >= 15 is 0 Å². The first kappa shape index (κ1) is 14.3. The Balaban J connectivity index is 2.13. The van der Waals surface area contributed by atoms with Gasteiger partial charge in [-0.3, -0.25) is 4.79 Å². The highest BCUT2D eigenvalue weighted by atomic mass is 32.2. The minimum atomic E-state index is -0.307. The third-order valence-corrected chi connectivity index (χ3v) is 3.69. The van der Waals surface area contributed by atoms with E-state index < -0.39 is 0 Å². The van der Waals surface area contributed by atoms with E-state index in [0.29, 0.717) is 22.4 Å². The first-order valence-corrected chi connectivity index (χ1v) is 7.01. The van der Waals surface area contributed by atoms with E-state index in [1.807, 2.05) is 38.1 Å². The number of anilines is 2. The number of rotatable bonds is 4. The first-order valence-electron chi connectivity index (χ1n) is 6.13. The lowest BCUT2D eigenvalue weighted by atomic mass is 10.1. The van der Waals surface area contributed by atoms with E-state index in [1.165, 1.54) is 17.8 Å². The van der Waals surface area contributed by atoms with E-state index in [0.717, 1.165) is 5.56 Å². The van der Waals surface area contributed by atoms with Crippen molar-refractivity contribution in [1.29, 1.82) is 0 Å². The predicted octanol–water partition coefficient (Wildman–Crippen LogP) is 2.31. The topological polar surface area (TPSA) is 94.9 Å². The Labute approximate surface area is 121 Å². The van der Waals surface area contributed by atoms with Crippen molar-refractivity contribution < 1.29 is 4.79 Å². The molecule has 104 valence electrons. The Kier molecular flexibility index (Phi) is 4.24. The molecule has 0 saturated heterocycles. The van der Waals surface area contributed by atoms with Crippen LogP contribution in [-0.4, -0.2) is 21.0 Å². The fourth-order valence-corrected chi connectivity index (χ4v) is 2.55. The molecule has 0 amide bonds. The number of aryl methyl sites for hydroxylation is 1. The molecule has 0 aliphatic heterocycles. The Bertz CT molecular complexity index is 607. The number of ketones is 1. The van der Waals surface area contributed by atoms with Crippen LogP contribution in [0.15, 0.2) is 35.5 Å². The number of hydrogen-bond acceptors (Lipinski definition) is 6. The van der Waals surface area contributed by atoms with Gasteiger partial charge in [0.15, 0.2) is 10.9 Å². The maximum absolute atomic E-state index is 12.3. The Hall–Kier alpha value is -2.08. The molecule has 0 spiro atoms. The summed E-state index contributed by atoms with van der Waals surface area (Å²) in [6.45, 7) is 3.80. The first-order chi connectivity index (χ1) is 9.45. The number of carbonyl (C=O) groups is 1. The zero-order valence-electron chi connectivity index (χ0n) is 11.3. The van der Waals surface area contributed by atoms with Gasteiger partial charge in [-0.2, -0.15) is 0 Å². The molecular weight excluding hydrogens is 272 g/mol. The molecule has 20 heavy (non-hydrogen) atoms. The third-order valence-electron chi connectivity index (χ3n) is 2.73. The van der Waals surface area contributed by atoms with Crippen molar-refractivity contribution in [2.24, 2.45) is 0 Å². The molecule has 1 aromatic carbocycles. The monoisotopic (exact) mass is 288 g/mol. The molecule has 1 atom stereocenters. The number of thioether (sulfide) groups is 1. The quantitative estimate of drug-likeness (QED) is 0.509. The lowest BCUT2D eigenvalue weighted by Crippen LogP contribution is -2.14. The zero-order valence-corrected chi connectivity index (χ0v) is 12.1. The molecule has 0 aliphatic rings. The Morgan fingerprint density at radius 2 is 1.70 bits per heavy atom. The average molecular weight is 288 g/mol. The highest BCUT2D eigenvalue weighted by Crippen LogP contribution is 2.24. The minimum Gasteiger partial charge on any atom is -0.383 e. The molecule has 1 aromatic heterocycles. The van der Waals surface area contributed by atoms with E-state index in [2.05, 4.69) is 9.97 Å². The highest BCUT2D eigenvalue weighted by molar-refractivity contribution is 8.00. The van der Waals surface area contributed by atoms with Crippen molar-refractivity contribution in [3.05, 3.63) is 41.5 Å². The van der Waals surface area contributed by atoms with Crippen molar-refractivity contribution in [3.8, 4) is 0 Å². The van der Waals surface area contributed by atoms with Crippen LogP contribution in [0.4, 0.5) is 11.6 Å². The number of nitrogens with two attached hydrogens (primary N) is 2. The van der Waals surface area contributed by atoms with Gasteiger partial charge < -0.3 is 11.5 Å². The SMILES string of the molecule is Cc1ccc(C(=O)C(C)Sc2nc(N)cc(N)n2)cc1. The van der Waals surface area contributed by atoms with Crippen molar-refractivity contribution in [2.45, 2.75) is 24.3 Å². The lowest BCUT2D eigenvalue weighted by Gasteiger charge is -2.10. The molecule has 1 heterocycles. The fraction of sp³-hybridized carbons (Fsp3) is 0.214. The molecule has 4 N–H and O–H groups in total. The van der Waals surface area contributed by atoms with E-state index in [9.17, 15) is 4.79 Å². The summed E-state index contributed by atoms with van der Waals surface area (Å²) in [6, 6.07) is 8.96.